The first-order chi connectivity index (χ1) is 8.04. The second-order valence-corrected chi connectivity index (χ2v) is 4.45. The van der Waals surface area contributed by atoms with Gasteiger partial charge in [-0.15, -0.1) is 0 Å². The molecular weight excluding hydrogens is 216 g/mol. The molecule has 0 aliphatic heterocycles. The van der Waals surface area contributed by atoms with Crippen molar-refractivity contribution >= 4 is 5.97 Å². The van der Waals surface area contributed by atoms with Gasteiger partial charge < -0.3 is 9.84 Å². The van der Waals surface area contributed by atoms with Crippen LogP contribution in [0.2, 0.25) is 0 Å². The number of hydrogen-bond donors (Lipinski definition) is 1. The zero-order chi connectivity index (χ0) is 12.8. The molecule has 3 nitrogen and oxygen atoms in total. The van der Waals surface area contributed by atoms with Crippen LogP contribution in [0.15, 0.2) is 24.3 Å². The first-order valence-electron chi connectivity index (χ1n) is 5.89. The Kier molecular flexibility index (Phi) is 5.16. The van der Waals surface area contributed by atoms with Crippen molar-refractivity contribution in [2.24, 2.45) is 0 Å². The topological polar surface area (TPSA) is 46.5 Å². The summed E-state index contributed by atoms with van der Waals surface area (Å²) in [5.41, 5.74) is 2.09. The lowest BCUT2D eigenvalue weighted by atomic mass is 9.98. The fourth-order valence-corrected chi connectivity index (χ4v) is 1.63. The van der Waals surface area contributed by atoms with Gasteiger partial charge in [-0.3, -0.25) is 4.79 Å². The van der Waals surface area contributed by atoms with Gasteiger partial charge in [0.05, 0.1) is 13.2 Å². The number of aliphatic hydroxyl groups excluding tert-OH is 1. The molecular formula is C14H20O3. The fraction of sp³-hybridized carbons (Fsp3) is 0.500. The van der Waals surface area contributed by atoms with Crippen LogP contribution in [-0.4, -0.2) is 18.2 Å². The number of aliphatic hydroxyl groups is 1. The Morgan fingerprint density at radius 2 is 1.76 bits per heavy atom. The van der Waals surface area contributed by atoms with Gasteiger partial charge in [0.25, 0.3) is 0 Å². The smallest absolute Gasteiger partial charge is 0.305 e. The highest BCUT2D eigenvalue weighted by Gasteiger charge is 2.10. The van der Waals surface area contributed by atoms with Gasteiger partial charge in [-0.2, -0.15) is 0 Å². The summed E-state index contributed by atoms with van der Waals surface area (Å²) >= 11 is 0. The SMILES string of the molecule is COC(=O)CCC(O)c1ccc(C(C)C)cc1. The molecule has 0 radical (unpaired) electrons. The molecule has 1 rings (SSSR count). The van der Waals surface area contributed by atoms with Crippen LogP contribution in [-0.2, 0) is 9.53 Å². The minimum Gasteiger partial charge on any atom is -0.469 e. The van der Waals surface area contributed by atoms with E-state index in [9.17, 15) is 9.90 Å². The summed E-state index contributed by atoms with van der Waals surface area (Å²) in [5.74, 6) is 0.194. The largest absolute Gasteiger partial charge is 0.469 e. The molecule has 0 bridgehead atoms. The van der Waals surface area contributed by atoms with Crippen molar-refractivity contribution in [2.75, 3.05) is 7.11 Å². The third-order valence-electron chi connectivity index (χ3n) is 2.84. The molecule has 0 saturated heterocycles. The van der Waals surface area contributed by atoms with Gasteiger partial charge in [0, 0.05) is 6.42 Å². The molecule has 0 aromatic heterocycles. The summed E-state index contributed by atoms with van der Waals surface area (Å²) in [6.07, 6.45) is 0.0346. The molecule has 3 heteroatoms. The normalized spacial score (nSPS) is 12.5. The van der Waals surface area contributed by atoms with Crippen molar-refractivity contribution < 1.29 is 14.6 Å². The number of hydrogen-bond acceptors (Lipinski definition) is 3. The molecule has 0 saturated carbocycles. The van der Waals surface area contributed by atoms with E-state index in [0.717, 1.165) is 5.56 Å². The molecule has 1 aromatic carbocycles. The predicted molar refractivity (Wildman–Crippen MR) is 66.7 cm³/mol. The predicted octanol–water partition coefficient (Wildman–Crippen LogP) is 2.80. The van der Waals surface area contributed by atoms with Crippen molar-refractivity contribution in [1.82, 2.24) is 0 Å². The van der Waals surface area contributed by atoms with Crippen LogP contribution in [0.1, 0.15) is 49.8 Å². The highest BCUT2D eigenvalue weighted by atomic mass is 16.5. The standard InChI is InChI=1S/C14H20O3/c1-10(2)11-4-6-12(7-5-11)13(15)8-9-14(16)17-3/h4-7,10,13,15H,8-9H2,1-3H3. The zero-order valence-corrected chi connectivity index (χ0v) is 10.6. The molecule has 1 N–H and O–H groups in total. The number of rotatable bonds is 5. The van der Waals surface area contributed by atoms with Crippen molar-refractivity contribution in [2.45, 2.75) is 38.7 Å². The van der Waals surface area contributed by atoms with E-state index in [1.165, 1.54) is 12.7 Å². The van der Waals surface area contributed by atoms with Gasteiger partial charge in [-0.25, -0.2) is 0 Å². The highest BCUT2D eigenvalue weighted by molar-refractivity contribution is 5.69. The first kappa shape index (κ1) is 13.7. The molecule has 1 atom stereocenters. The lowest BCUT2D eigenvalue weighted by Gasteiger charge is -2.12. The molecule has 0 fully saturated rings. The number of ether oxygens (including phenoxy) is 1. The van der Waals surface area contributed by atoms with Crippen LogP contribution in [0.25, 0.3) is 0 Å². The third kappa shape index (κ3) is 4.19. The maximum atomic E-state index is 11.0. The van der Waals surface area contributed by atoms with Gasteiger partial charge in [0.2, 0.25) is 0 Å². The maximum Gasteiger partial charge on any atom is 0.305 e. The fourth-order valence-electron chi connectivity index (χ4n) is 1.63. The Morgan fingerprint density at radius 3 is 2.24 bits per heavy atom. The van der Waals surface area contributed by atoms with Crippen molar-refractivity contribution in [1.29, 1.82) is 0 Å². The lowest BCUT2D eigenvalue weighted by Crippen LogP contribution is -2.05. The molecule has 17 heavy (non-hydrogen) atoms. The number of carbonyl (C=O) groups is 1. The van der Waals surface area contributed by atoms with E-state index >= 15 is 0 Å². The molecule has 0 aliphatic carbocycles. The van der Waals surface area contributed by atoms with Crippen LogP contribution >= 0.6 is 0 Å². The minimum absolute atomic E-state index is 0.240. The van der Waals surface area contributed by atoms with Crippen LogP contribution in [0.5, 0.6) is 0 Å². The van der Waals surface area contributed by atoms with Gasteiger partial charge in [-0.1, -0.05) is 38.1 Å². The summed E-state index contributed by atoms with van der Waals surface area (Å²) < 4.78 is 4.54. The second kappa shape index (κ2) is 6.40. The summed E-state index contributed by atoms with van der Waals surface area (Å²) in [5, 5.41) is 9.89. The average Bonchev–Trinajstić information content (AvgIpc) is 2.35. The van der Waals surface area contributed by atoms with Crippen molar-refractivity contribution in [3.05, 3.63) is 35.4 Å². The van der Waals surface area contributed by atoms with E-state index in [1.807, 2.05) is 24.3 Å². The van der Waals surface area contributed by atoms with E-state index < -0.39 is 6.10 Å². The molecule has 0 heterocycles. The Bertz CT molecular complexity index is 354. The Hall–Kier alpha value is -1.35. The molecule has 0 amide bonds. The van der Waals surface area contributed by atoms with E-state index in [0.29, 0.717) is 12.3 Å². The summed E-state index contributed by atoms with van der Waals surface area (Å²) in [7, 11) is 1.35. The maximum absolute atomic E-state index is 11.0. The van der Waals surface area contributed by atoms with E-state index in [-0.39, 0.29) is 12.4 Å². The Labute approximate surface area is 102 Å². The second-order valence-electron chi connectivity index (χ2n) is 4.45. The van der Waals surface area contributed by atoms with Gasteiger partial charge in [-0.05, 0) is 23.5 Å². The quantitative estimate of drug-likeness (QED) is 0.800. The average molecular weight is 236 g/mol. The zero-order valence-electron chi connectivity index (χ0n) is 10.6. The monoisotopic (exact) mass is 236 g/mol. The third-order valence-corrected chi connectivity index (χ3v) is 2.84. The molecule has 0 aliphatic rings. The Morgan fingerprint density at radius 1 is 1.24 bits per heavy atom. The van der Waals surface area contributed by atoms with Gasteiger partial charge >= 0.3 is 5.97 Å². The first-order valence-corrected chi connectivity index (χ1v) is 5.89. The summed E-state index contributed by atoms with van der Waals surface area (Å²) in [6, 6.07) is 7.86. The van der Waals surface area contributed by atoms with Crippen LogP contribution < -0.4 is 0 Å². The van der Waals surface area contributed by atoms with Crippen LogP contribution in [0, 0.1) is 0 Å². The molecule has 0 spiro atoms. The van der Waals surface area contributed by atoms with Crippen LogP contribution in [0.4, 0.5) is 0 Å². The molecule has 94 valence electrons. The van der Waals surface area contributed by atoms with E-state index in [4.69, 9.17) is 0 Å². The Balaban J connectivity index is 2.57. The van der Waals surface area contributed by atoms with Crippen LogP contribution in [0.3, 0.4) is 0 Å². The number of benzene rings is 1. The minimum atomic E-state index is -0.602. The van der Waals surface area contributed by atoms with E-state index in [2.05, 4.69) is 18.6 Å². The van der Waals surface area contributed by atoms with Crippen molar-refractivity contribution in [3.8, 4) is 0 Å². The number of esters is 1. The number of methoxy groups -OCH3 is 1. The molecule has 1 unspecified atom stereocenters. The highest BCUT2D eigenvalue weighted by Crippen LogP contribution is 2.21. The van der Waals surface area contributed by atoms with E-state index in [1.54, 1.807) is 0 Å². The lowest BCUT2D eigenvalue weighted by molar-refractivity contribution is -0.141. The van der Waals surface area contributed by atoms with Crippen molar-refractivity contribution in [3.63, 3.8) is 0 Å². The van der Waals surface area contributed by atoms with Gasteiger partial charge in [0.15, 0.2) is 0 Å². The number of carbonyl (C=O) groups excluding carboxylic acids is 1. The summed E-state index contributed by atoms with van der Waals surface area (Å²) in [6.45, 7) is 4.26. The van der Waals surface area contributed by atoms with Gasteiger partial charge in [0.1, 0.15) is 0 Å². The molecule has 1 aromatic rings. The summed E-state index contributed by atoms with van der Waals surface area (Å²) in [4.78, 5) is 11.0.